The van der Waals surface area contributed by atoms with Crippen LogP contribution in [0.15, 0.2) is 25.3 Å². The Balaban J connectivity index is 0. The topological polar surface area (TPSA) is 83.5 Å². The van der Waals surface area contributed by atoms with E-state index in [9.17, 15) is 22.0 Å². The predicted molar refractivity (Wildman–Crippen MR) is 60.2 cm³/mol. The molecule has 0 aromatic carbocycles. The summed E-state index contributed by atoms with van der Waals surface area (Å²) in [6.07, 6.45) is -0.800. The first-order valence-electron chi connectivity index (χ1n) is 4.29. The van der Waals surface area contributed by atoms with Gasteiger partial charge in [0, 0.05) is 0 Å². The zero-order valence-electron chi connectivity index (χ0n) is 9.53. The third-order valence-corrected chi connectivity index (χ3v) is 2.28. The van der Waals surface area contributed by atoms with Crippen LogP contribution in [-0.4, -0.2) is 30.2 Å². The largest absolute Gasteiger partial charge is 0.347 e. The summed E-state index contributed by atoms with van der Waals surface area (Å²) in [6, 6.07) is 0. The lowest BCUT2D eigenvalue weighted by atomic mass is 10.1. The van der Waals surface area contributed by atoms with Crippen molar-refractivity contribution < 1.29 is 26.5 Å². The molecule has 0 aromatic rings. The molecule has 0 spiro atoms. The Morgan fingerprint density at radius 3 is 2.06 bits per heavy atom. The minimum atomic E-state index is -4.08. The maximum atomic E-state index is 10.8. The quantitative estimate of drug-likeness (QED) is 0.597. The maximum Gasteiger partial charge on any atom is 0.267 e. The van der Waals surface area contributed by atoms with Crippen molar-refractivity contribution in [2.75, 3.05) is 5.75 Å². The van der Waals surface area contributed by atoms with Crippen LogP contribution in [0.4, 0.5) is 8.78 Å². The average molecular weight is 271 g/mol. The molecule has 0 aromatic heterocycles. The van der Waals surface area contributed by atoms with Crippen LogP contribution in [0.3, 0.4) is 0 Å². The molecule has 0 fully saturated rings. The monoisotopic (exact) mass is 271 g/mol. The smallest absolute Gasteiger partial charge is 0.267 e. The SMILES string of the molecule is C=C(F)F.C=CC(=O)NC(C)(C)CS(=O)(=O)O. The number of hydrogen-bond donors (Lipinski definition) is 2. The highest BCUT2D eigenvalue weighted by atomic mass is 32.2. The third kappa shape index (κ3) is 17.3. The molecule has 17 heavy (non-hydrogen) atoms. The van der Waals surface area contributed by atoms with Gasteiger partial charge in [0.15, 0.2) is 0 Å². The summed E-state index contributed by atoms with van der Waals surface area (Å²) in [5.41, 5.74) is -1.00. The first kappa shape index (κ1) is 18.1. The number of carbonyl (C=O) groups excluding carboxylic acids is 1. The van der Waals surface area contributed by atoms with E-state index >= 15 is 0 Å². The van der Waals surface area contributed by atoms with Gasteiger partial charge in [-0.05, 0) is 26.5 Å². The summed E-state index contributed by atoms with van der Waals surface area (Å²) < 4.78 is 49.8. The fourth-order valence-corrected chi connectivity index (χ4v) is 1.86. The molecule has 1 amide bonds. The van der Waals surface area contributed by atoms with Gasteiger partial charge in [0.05, 0.1) is 11.3 Å². The van der Waals surface area contributed by atoms with Crippen LogP contribution in [0.1, 0.15) is 13.8 Å². The van der Waals surface area contributed by atoms with Crippen LogP contribution in [0.2, 0.25) is 0 Å². The maximum absolute atomic E-state index is 10.8. The van der Waals surface area contributed by atoms with Gasteiger partial charge in [-0.1, -0.05) is 6.58 Å². The van der Waals surface area contributed by atoms with Crippen molar-refractivity contribution in [3.8, 4) is 0 Å². The fraction of sp³-hybridized carbons (Fsp3) is 0.444. The molecular formula is C9H15F2NO4S. The summed E-state index contributed by atoms with van der Waals surface area (Å²) in [4.78, 5) is 10.8. The minimum absolute atomic E-state index is 0.478. The molecule has 0 rings (SSSR count). The Kier molecular flexibility index (Phi) is 7.58. The van der Waals surface area contributed by atoms with Gasteiger partial charge in [-0.2, -0.15) is 17.2 Å². The fourth-order valence-electron chi connectivity index (χ4n) is 0.877. The van der Waals surface area contributed by atoms with Gasteiger partial charge in [0.1, 0.15) is 0 Å². The lowest BCUT2D eigenvalue weighted by molar-refractivity contribution is -0.117. The molecule has 0 atom stereocenters. The van der Waals surface area contributed by atoms with E-state index in [2.05, 4.69) is 18.5 Å². The highest BCUT2D eigenvalue weighted by Gasteiger charge is 2.25. The number of rotatable bonds is 4. The number of amides is 1. The van der Waals surface area contributed by atoms with Gasteiger partial charge in [-0.3, -0.25) is 9.35 Å². The van der Waals surface area contributed by atoms with Crippen LogP contribution >= 0.6 is 0 Å². The first-order chi connectivity index (χ1) is 7.39. The second-order valence-electron chi connectivity index (χ2n) is 3.64. The predicted octanol–water partition coefficient (Wildman–Crippen LogP) is 1.35. The molecule has 0 aliphatic carbocycles. The molecule has 0 unspecified atom stereocenters. The van der Waals surface area contributed by atoms with Gasteiger partial charge in [0.2, 0.25) is 5.91 Å². The van der Waals surface area contributed by atoms with Crippen LogP contribution in [-0.2, 0) is 14.9 Å². The van der Waals surface area contributed by atoms with Gasteiger partial charge < -0.3 is 5.32 Å². The summed E-state index contributed by atoms with van der Waals surface area (Å²) >= 11 is 0. The van der Waals surface area contributed by atoms with E-state index < -0.39 is 33.4 Å². The molecule has 0 aliphatic heterocycles. The van der Waals surface area contributed by atoms with Crippen molar-refractivity contribution >= 4 is 16.0 Å². The summed E-state index contributed by atoms with van der Waals surface area (Å²) in [5, 5.41) is 2.37. The van der Waals surface area contributed by atoms with E-state index in [4.69, 9.17) is 4.55 Å². The normalized spacial score (nSPS) is 10.9. The third-order valence-electron chi connectivity index (χ3n) is 1.19. The lowest BCUT2D eigenvalue weighted by Crippen LogP contribution is -2.47. The van der Waals surface area contributed by atoms with Crippen LogP contribution < -0.4 is 5.32 Å². The minimum Gasteiger partial charge on any atom is -0.347 e. The zero-order chi connectivity index (χ0) is 14.3. The van der Waals surface area contributed by atoms with Crippen LogP contribution in [0.25, 0.3) is 0 Å². The molecule has 100 valence electrons. The Hall–Kier alpha value is -1.28. The number of halogens is 2. The van der Waals surface area contributed by atoms with Crippen molar-refractivity contribution in [1.29, 1.82) is 0 Å². The first-order valence-corrected chi connectivity index (χ1v) is 5.90. The zero-order valence-corrected chi connectivity index (χ0v) is 10.4. The Labute approximate surface area is 99.0 Å². The molecule has 5 nitrogen and oxygen atoms in total. The average Bonchev–Trinajstić information content (AvgIpc) is 1.96. The number of carbonyl (C=O) groups is 1. The summed E-state index contributed by atoms with van der Waals surface area (Å²) in [5.74, 6) is -1.01. The van der Waals surface area contributed by atoms with E-state index in [1.165, 1.54) is 13.8 Å². The van der Waals surface area contributed by atoms with Crippen LogP contribution in [0.5, 0.6) is 0 Å². The molecule has 0 radical (unpaired) electrons. The van der Waals surface area contributed by atoms with Gasteiger partial charge in [-0.15, -0.1) is 0 Å². The van der Waals surface area contributed by atoms with E-state index in [0.29, 0.717) is 0 Å². The van der Waals surface area contributed by atoms with Gasteiger partial charge in [-0.25, -0.2) is 0 Å². The van der Waals surface area contributed by atoms with Crippen molar-refractivity contribution in [1.82, 2.24) is 5.32 Å². The standard InChI is InChI=1S/C7H13NO4S.C2H2F2/c1-4-6(9)8-7(2,3)5-13(10,11)12;1-2(3)4/h4H,1,5H2,2-3H3,(H,8,9)(H,10,11,12);1H2. The molecule has 0 saturated carbocycles. The molecule has 0 aliphatic rings. The molecule has 2 N–H and O–H groups in total. The van der Waals surface area contributed by atoms with Crippen molar-refractivity contribution in [2.45, 2.75) is 19.4 Å². The van der Waals surface area contributed by atoms with E-state index in [0.717, 1.165) is 6.08 Å². The van der Waals surface area contributed by atoms with Crippen molar-refractivity contribution in [3.05, 3.63) is 25.3 Å². The molecule has 0 bridgehead atoms. The lowest BCUT2D eigenvalue weighted by Gasteiger charge is -2.23. The molecule has 0 saturated heterocycles. The second kappa shape index (κ2) is 7.13. The van der Waals surface area contributed by atoms with Gasteiger partial charge in [0.25, 0.3) is 16.2 Å². The second-order valence-corrected chi connectivity index (χ2v) is 5.09. The Morgan fingerprint density at radius 2 is 1.82 bits per heavy atom. The van der Waals surface area contributed by atoms with E-state index in [-0.39, 0.29) is 0 Å². The Bertz CT molecular complexity index is 386. The number of nitrogens with one attached hydrogen (secondary N) is 1. The number of hydrogen-bond acceptors (Lipinski definition) is 3. The summed E-state index contributed by atoms with van der Waals surface area (Å²) in [7, 11) is -4.08. The van der Waals surface area contributed by atoms with Crippen molar-refractivity contribution in [3.63, 3.8) is 0 Å². The van der Waals surface area contributed by atoms with E-state index in [1.807, 2.05) is 0 Å². The van der Waals surface area contributed by atoms with Crippen LogP contribution in [0, 0.1) is 0 Å². The van der Waals surface area contributed by atoms with Gasteiger partial charge >= 0.3 is 0 Å². The molecule has 0 heterocycles. The highest BCUT2D eigenvalue weighted by Crippen LogP contribution is 2.05. The highest BCUT2D eigenvalue weighted by molar-refractivity contribution is 7.85. The van der Waals surface area contributed by atoms with Crippen molar-refractivity contribution in [2.24, 2.45) is 0 Å². The molecule has 8 heteroatoms. The molecular weight excluding hydrogens is 256 g/mol. The Morgan fingerprint density at radius 1 is 1.47 bits per heavy atom. The summed E-state index contributed by atoms with van der Waals surface area (Å²) in [6.45, 7) is 8.42. The van der Waals surface area contributed by atoms with E-state index in [1.54, 1.807) is 0 Å².